The Kier molecular flexibility index (Phi) is 4.12. The third-order valence-corrected chi connectivity index (χ3v) is 3.05. The highest BCUT2D eigenvalue weighted by atomic mass is 16.5. The number of rotatable bonds is 7. The second-order valence-corrected chi connectivity index (χ2v) is 4.96. The van der Waals surface area contributed by atoms with Gasteiger partial charge in [-0.1, -0.05) is 12.1 Å². The topological polar surface area (TPSA) is 62.4 Å². The summed E-state index contributed by atoms with van der Waals surface area (Å²) in [5.41, 5.74) is 0. The van der Waals surface area contributed by atoms with Gasteiger partial charge in [-0.25, -0.2) is 0 Å². The normalized spacial score (nSPS) is 17.6. The Morgan fingerprint density at radius 2 is 2.29 bits per heavy atom. The Morgan fingerprint density at radius 3 is 2.94 bits per heavy atom. The predicted octanol–water partition coefficient (Wildman–Crippen LogP) is 1.22. The zero-order chi connectivity index (χ0) is 12.3. The SMILES string of the molecule is CCCc1nc(CN(C)CC(O)C2CC2)no1. The minimum absolute atomic E-state index is 0.206. The first-order chi connectivity index (χ1) is 8.19. The van der Waals surface area contributed by atoms with E-state index in [0.29, 0.717) is 30.7 Å². The van der Waals surface area contributed by atoms with Crippen molar-refractivity contribution >= 4 is 0 Å². The van der Waals surface area contributed by atoms with Crippen LogP contribution in [0.1, 0.15) is 37.9 Å². The zero-order valence-corrected chi connectivity index (χ0v) is 10.6. The number of hydrogen-bond acceptors (Lipinski definition) is 5. The maximum Gasteiger partial charge on any atom is 0.226 e. The van der Waals surface area contributed by atoms with Crippen molar-refractivity contribution in [3.63, 3.8) is 0 Å². The number of aryl methyl sites for hydroxylation is 1. The monoisotopic (exact) mass is 239 g/mol. The van der Waals surface area contributed by atoms with Crippen molar-refractivity contribution in [3.05, 3.63) is 11.7 Å². The van der Waals surface area contributed by atoms with Crippen LogP contribution in [0.15, 0.2) is 4.52 Å². The summed E-state index contributed by atoms with van der Waals surface area (Å²) >= 11 is 0. The van der Waals surface area contributed by atoms with Gasteiger partial charge in [0.05, 0.1) is 12.6 Å². The molecule has 1 aliphatic carbocycles. The number of aliphatic hydroxyl groups excluding tert-OH is 1. The molecule has 1 aromatic heterocycles. The smallest absolute Gasteiger partial charge is 0.226 e. The van der Waals surface area contributed by atoms with Crippen LogP contribution in [0.4, 0.5) is 0 Å². The van der Waals surface area contributed by atoms with Gasteiger partial charge in [0.25, 0.3) is 0 Å². The molecular formula is C12H21N3O2. The van der Waals surface area contributed by atoms with Crippen molar-refractivity contribution in [2.24, 2.45) is 5.92 Å². The molecule has 0 spiro atoms. The molecule has 0 aromatic carbocycles. The molecule has 0 radical (unpaired) electrons. The number of likely N-dealkylation sites (N-methyl/N-ethyl adjacent to an activating group) is 1. The van der Waals surface area contributed by atoms with Gasteiger partial charge in [0.15, 0.2) is 5.82 Å². The van der Waals surface area contributed by atoms with Gasteiger partial charge in [-0.2, -0.15) is 4.98 Å². The molecule has 5 heteroatoms. The summed E-state index contributed by atoms with van der Waals surface area (Å²) in [5.74, 6) is 1.93. The fraction of sp³-hybridized carbons (Fsp3) is 0.833. The fourth-order valence-electron chi connectivity index (χ4n) is 1.93. The van der Waals surface area contributed by atoms with E-state index < -0.39 is 0 Å². The van der Waals surface area contributed by atoms with E-state index in [1.165, 1.54) is 0 Å². The van der Waals surface area contributed by atoms with Crippen LogP contribution in [0, 0.1) is 5.92 Å². The van der Waals surface area contributed by atoms with Crippen molar-refractivity contribution in [3.8, 4) is 0 Å². The first-order valence-corrected chi connectivity index (χ1v) is 6.37. The second-order valence-electron chi connectivity index (χ2n) is 4.96. The Balaban J connectivity index is 1.77. The van der Waals surface area contributed by atoms with Gasteiger partial charge in [-0.3, -0.25) is 4.90 Å². The molecule has 0 bridgehead atoms. The molecule has 1 unspecified atom stereocenters. The van der Waals surface area contributed by atoms with E-state index in [4.69, 9.17) is 4.52 Å². The summed E-state index contributed by atoms with van der Waals surface area (Å²) in [6, 6.07) is 0. The van der Waals surface area contributed by atoms with Crippen LogP contribution >= 0.6 is 0 Å². The molecule has 1 fully saturated rings. The molecule has 0 saturated heterocycles. The molecule has 1 aromatic rings. The average molecular weight is 239 g/mol. The molecule has 1 aliphatic rings. The molecule has 96 valence electrons. The van der Waals surface area contributed by atoms with Crippen LogP contribution in [0.3, 0.4) is 0 Å². The van der Waals surface area contributed by atoms with E-state index >= 15 is 0 Å². The lowest BCUT2D eigenvalue weighted by molar-refractivity contribution is 0.103. The van der Waals surface area contributed by atoms with Crippen LogP contribution < -0.4 is 0 Å². The van der Waals surface area contributed by atoms with Crippen molar-refractivity contribution in [1.29, 1.82) is 0 Å². The third kappa shape index (κ3) is 3.78. The Hall–Kier alpha value is -0.940. The summed E-state index contributed by atoms with van der Waals surface area (Å²) in [7, 11) is 1.97. The highest BCUT2D eigenvalue weighted by molar-refractivity contribution is 4.88. The van der Waals surface area contributed by atoms with Gasteiger partial charge in [0, 0.05) is 13.0 Å². The lowest BCUT2D eigenvalue weighted by Gasteiger charge is -2.18. The van der Waals surface area contributed by atoms with E-state index in [9.17, 15) is 5.11 Å². The summed E-state index contributed by atoms with van der Waals surface area (Å²) in [6.45, 7) is 3.40. The fourth-order valence-corrected chi connectivity index (χ4v) is 1.93. The summed E-state index contributed by atoms with van der Waals surface area (Å²) in [5, 5.41) is 13.8. The van der Waals surface area contributed by atoms with Gasteiger partial charge in [-0.15, -0.1) is 0 Å². The molecule has 1 atom stereocenters. The van der Waals surface area contributed by atoms with Crippen molar-refractivity contribution in [2.75, 3.05) is 13.6 Å². The Labute approximate surface area is 102 Å². The zero-order valence-electron chi connectivity index (χ0n) is 10.6. The van der Waals surface area contributed by atoms with E-state index in [-0.39, 0.29) is 6.10 Å². The molecule has 1 N–H and O–H groups in total. The molecule has 17 heavy (non-hydrogen) atoms. The van der Waals surface area contributed by atoms with Gasteiger partial charge in [0.1, 0.15) is 0 Å². The lowest BCUT2D eigenvalue weighted by Crippen LogP contribution is -2.30. The lowest BCUT2D eigenvalue weighted by atomic mass is 10.2. The van der Waals surface area contributed by atoms with Crippen molar-refractivity contribution in [1.82, 2.24) is 15.0 Å². The minimum Gasteiger partial charge on any atom is -0.392 e. The van der Waals surface area contributed by atoms with E-state index in [2.05, 4.69) is 17.1 Å². The number of aromatic nitrogens is 2. The van der Waals surface area contributed by atoms with Crippen LogP contribution in [-0.2, 0) is 13.0 Å². The summed E-state index contributed by atoms with van der Waals surface area (Å²) < 4.78 is 5.12. The Bertz CT molecular complexity index is 349. The second kappa shape index (κ2) is 5.60. The van der Waals surface area contributed by atoms with Gasteiger partial charge < -0.3 is 9.63 Å². The number of hydrogen-bond donors (Lipinski definition) is 1. The molecule has 0 amide bonds. The maximum atomic E-state index is 9.82. The molecule has 1 heterocycles. The highest BCUT2D eigenvalue weighted by Gasteiger charge is 2.30. The van der Waals surface area contributed by atoms with E-state index in [1.807, 2.05) is 11.9 Å². The quantitative estimate of drug-likeness (QED) is 0.775. The van der Waals surface area contributed by atoms with Crippen LogP contribution in [0.5, 0.6) is 0 Å². The molecule has 0 aliphatic heterocycles. The average Bonchev–Trinajstić information content (AvgIpc) is 3.03. The summed E-state index contributed by atoms with van der Waals surface area (Å²) in [4.78, 5) is 6.35. The predicted molar refractivity (Wildman–Crippen MR) is 63.4 cm³/mol. The van der Waals surface area contributed by atoms with Gasteiger partial charge >= 0.3 is 0 Å². The van der Waals surface area contributed by atoms with Crippen molar-refractivity contribution in [2.45, 2.75) is 45.3 Å². The maximum absolute atomic E-state index is 9.82. The van der Waals surface area contributed by atoms with Crippen molar-refractivity contribution < 1.29 is 9.63 Å². The minimum atomic E-state index is -0.206. The first-order valence-electron chi connectivity index (χ1n) is 6.37. The summed E-state index contributed by atoms with van der Waals surface area (Å²) in [6.07, 6.45) is 3.97. The number of aliphatic hydroxyl groups is 1. The first kappa shape index (κ1) is 12.5. The number of nitrogens with zero attached hydrogens (tertiary/aromatic N) is 3. The van der Waals surface area contributed by atoms with E-state index in [1.54, 1.807) is 0 Å². The molecule has 1 saturated carbocycles. The highest BCUT2D eigenvalue weighted by Crippen LogP contribution is 2.32. The molecular weight excluding hydrogens is 218 g/mol. The van der Waals surface area contributed by atoms with E-state index in [0.717, 1.165) is 25.7 Å². The van der Waals surface area contributed by atoms with Gasteiger partial charge in [0.2, 0.25) is 5.89 Å². The van der Waals surface area contributed by atoms with Crippen LogP contribution in [0.25, 0.3) is 0 Å². The Morgan fingerprint density at radius 1 is 1.53 bits per heavy atom. The molecule has 2 rings (SSSR count). The third-order valence-electron chi connectivity index (χ3n) is 3.05. The van der Waals surface area contributed by atoms with Crippen LogP contribution in [0.2, 0.25) is 0 Å². The molecule has 5 nitrogen and oxygen atoms in total. The largest absolute Gasteiger partial charge is 0.392 e. The standard InChI is InChI=1S/C12H21N3O2/c1-3-4-12-13-11(14-17-12)8-15(2)7-10(16)9-5-6-9/h9-10,16H,3-8H2,1-2H3. The van der Waals surface area contributed by atoms with Gasteiger partial charge in [-0.05, 0) is 32.2 Å². The van der Waals surface area contributed by atoms with Crippen LogP contribution in [-0.4, -0.2) is 39.8 Å².